The van der Waals surface area contributed by atoms with Gasteiger partial charge in [-0.25, -0.2) is 14.4 Å². The van der Waals surface area contributed by atoms with Crippen molar-refractivity contribution in [1.29, 1.82) is 0 Å². The summed E-state index contributed by atoms with van der Waals surface area (Å²) in [5, 5.41) is 3.27. The molecule has 1 N–H and O–H groups in total. The fourth-order valence-electron chi connectivity index (χ4n) is 1.59. The highest BCUT2D eigenvalue weighted by Gasteiger charge is 2.19. The molecule has 0 spiro atoms. The fourth-order valence-corrected chi connectivity index (χ4v) is 1.59. The van der Waals surface area contributed by atoms with E-state index in [-0.39, 0.29) is 0 Å². The SMILES string of the molecule is C[C@H]1CNCCN1c1ncc(F)cn1. The second-order valence-electron chi connectivity index (χ2n) is 3.45. The van der Waals surface area contributed by atoms with E-state index in [2.05, 4.69) is 27.1 Å². The zero-order chi connectivity index (χ0) is 9.97. The van der Waals surface area contributed by atoms with E-state index in [9.17, 15) is 4.39 Å². The molecule has 1 aromatic heterocycles. The monoisotopic (exact) mass is 196 g/mol. The summed E-state index contributed by atoms with van der Waals surface area (Å²) in [6.07, 6.45) is 2.41. The number of nitrogens with zero attached hydrogens (tertiary/aromatic N) is 3. The molecular formula is C9H13FN4. The van der Waals surface area contributed by atoms with Crippen LogP contribution in [0.5, 0.6) is 0 Å². The number of hydrogen-bond acceptors (Lipinski definition) is 4. The Hall–Kier alpha value is -1.23. The second-order valence-corrected chi connectivity index (χ2v) is 3.45. The molecule has 2 rings (SSSR count). The maximum absolute atomic E-state index is 12.6. The third-order valence-electron chi connectivity index (χ3n) is 2.36. The summed E-state index contributed by atoms with van der Waals surface area (Å²) in [7, 11) is 0. The highest BCUT2D eigenvalue weighted by molar-refractivity contribution is 5.31. The molecule has 0 bridgehead atoms. The first-order valence-corrected chi connectivity index (χ1v) is 4.72. The second kappa shape index (κ2) is 3.88. The van der Waals surface area contributed by atoms with Gasteiger partial charge in [-0.3, -0.25) is 0 Å². The van der Waals surface area contributed by atoms with Crippen LogP contribution in [0.3, 0.4) is 0 Å². The Morgan fingerprint density at radius 2 is 2.21 bits per heavy atom. The molecule has 1 aliphatic rings. The Bertz CT molecular complexity index is 300. The molecule has 0 aliphatic carbocycles. The van der Waals surface area contributed by atoms with Crippen molar-refractivity contribution in [3.05, 3.63) is 18.2 Å². The van der Waals surface area contributed by atoms with E-state index >= 15 is 0 Å². The molecule has 0 amide bonds. The molecule has 5 heteroatoms. The lowest BCUT2D eigenvalue weighted by Gasteiger charge is -2.33. The molecule has 0 aromatic carbocycles. The van der Waals surface area contributed by atoms with E-state index in [0.717, 1.165) is 19.6 Å². The molecule has 1 aliphatic heterocycles. The molecule has 1 atom stereocenters. The normalized spacial score (nSPS) is 22.4. The largest absolute Gasteiger partial charge is 0.336 e. The van der Waals surface area contributed by atoms with Crippen LogP contribution in [0.1, 0.15) is 6.92 Å². The lowest BCUT2D eigenvalue weighted by atomic mass is 10.2. The lowest BCUT2D eigenvalue weighted by Crippen LogP contribution is -2.50. The molecular weight excluding hydrogens is 183 g/mol. The molecule has 1 saturated heterocycles. The van der Waals surface area contributed by atoms with Crippen LogP contribution in [0.4, 0.5) is 10.3 Å². The molecule has 14 heavy (non-hydrogen) atoms. The molecule has 0 radical (unpaired) electrons. The van der Waals surface area contributed by atoms with Gasteiger partial charge in [-0.2, -0.15) is 0 Å². The van der Waals surface area contributed by atoms with Gasteiger partial charge in [0.15, 0.2) is 5.82 Å². The predicted molar refractivity (Wildman–Crippen MR) is 51.7 cm³/mol. The summed E-state index contributed by atoms with van der Waals surface area (Å²) < 4.78 is 12.6. The summed E-state index contributed by atoms with van der Waals surface area (Å²) in [5.74, 6) is 0.219. The smallest absolute Gasteiger partial charge is 0.225 e. The van der Waals surface area contributed by atoms with Crippen LogP contribution < -0.4 is 10.2 Å². The minimum absolute atomic E-state index is 0.356. The molecule has 4 nitrogen and oxygen atoms in total. The number of piperazine rings is 1. The number of anilines is 1. The van der Waals surface area contributed by atoms with Crippen molar-refractivity contribution in [2.75, 3.05) is 24.5 Å². The lowest BCUT2D eigenvalue weighted by molar-refractivity contribution is 0.491. The van der Waals surface area contributed by atoms with Gasteiger partial charge in [0.05, 0.1) is 12.4 Å². The third-order valence-corrected chi connectivity index (χ3v) is 2.36. The van der Waals surface area contributed by atoms with Gasteiger partial charge in [0.1, 0.15) is 0 Å². The zero-order valence-electron chi connectivity index (χ0n) is 8.07. The third kappa shape index (κ3) is 1.82. The zero-order valence-corrected chi connectivity index (χ0v) is 8.07. The molecule has 2 heterocycles. The average Bonchev–Trinajstić information content (AvgIpc) is 2.20. The topological polar surface area (TPSA) is 41.0 Å². The van der Waals surface area contributed by atoms with Crippen molar-refractivity contribution in [2.24, 2.45) is 0 Å². The summed E-state index contributed by atoms with van der Waals surface area (Å²) in [4.78, 5) is 10.0. The number of nitrogens with one attached hydrogen (secondary N) is 1. The Balaban J connectivity index is 2.16. The minimum Gasteiger partial charge on any atom is -0.336 e. The van der Waals surface area contributed by atoms with E-state index in [1.165, 1.54) is 12.4 Å². The van der Waals surface area contributed by atoms with Gasteiger partial charge < -0.3 is 10.2 Å². The average molecular weight is 196 g/mol. The van der Waals surface area contributed by atoms with Crippen LogP contribution in [0.25, 0.3) is 0 Å². The molecule has 1 fully saturated rings. The molecule has 0 unspecified atom stereocenters. The Kier molecular flexibility index (Phi) is 2.58. The Morgan fingerprint density at radius 1 is 1.50 bits per heavy atom. The fraction of sp³-hybridized carbons (Fsp3) is 0.556. The Morgan fingerprint density at radius 3 is 2.86 bits per heavy atom. The van der Waals surface area contributed by atoms with Gasteiger partial charge >= 0.3 is 0 Å². The molecule has 76 valence electrons. The van der Waals surface area contributed by atoms with Gasteiger partial charge in [0.25, 0.3) is 0 Å². The number of halogens is 1. The summed E-state index contributed by atoms with van der Waals surface area (Å²) >= 11 is 0. The number of rotatable bonds is 1. The van der Waals surface area contributed by atoms with E-state index in [1.807, 2.05) is 0 Å². The van der Waals surface area contributed by atoms with E-state index in [0.29, 0.717) is 12.0 Å². The maximum atomic E-state index is 12.6. The van der Waals surface area contributed by atoms with Crippen LogP contribution in [-0.2, 0) is 0 Å². The molecule has 1 aromatic rings. The van der Waals surface area contributed by atoms with Crippen LogP contribution in [0, 0.1) is 5.82 Å². The van der Waals surface area contributed by atoms with Gasteiger partial charge in [-0.05, 0) is 6.92 Å². The Labute approximate surface area is 82.2 Å². The van der Waals surface area contributed by atoms with Crippen molar-refractivity contribution in [3.63, 3.8) is 0 Å². The standard InChI is InChI=1S/C9H13FN4/c1-7-4-11-2-3-14(7)9-12-5-8(10)6-13-9/h5-7,11H,2-4H2,1H3/t7-/m0/s1. The number of aromatic nitrogens is 2. The predicted octanol–water partition coefficient (Wildman–Crippen LogP) is 0.414. The van der Waals surface area contributed by atoms with E-state index in [4.69, 9.17) is 0 Å². The van der Waals surface area contributed by atoms with E-state index in [1.54, 1.807) is 0 Å². The summed E-state index contributed by atoms with van der Waals surface area (Å²) in [6, 6.07) is 0.356. The first kappa shape index (κ1) is 9.33. The van der Waals surface area contributed by atoms with Crippen molar-refractivity contribution in [2.45, 2.75) is 13.0 Å². The first-order valence-electron chi connectivity index (χ1n) is 4.72. The summed E-state index contributed by atoms with van der Waals surface area (Å²) in [6.45, 7) is 4.80. The van der Waals surface area contributed by atoms with Crippen molar-refractivity contribution in [1.82, 2.24) is 15.3 Å². The van der Waals surface area contributed by atoms with Crippen molar-refractivity contribution >= 4 is 5.95 Å². The summed E-state index contributed by atoms with van der Waals surface area (Å²) in [5.41, 5.74) is 0. The van der Waals surface area contributed by atoms with Gasteiger partial charge in [0, 0.05) is 25.7 Å². The van der Waals surface area contributed by atoms with Crippen LogP contribution in [0.15, 0.2) is 12.4 Å². The van der Waals surface area contributed by atoms with Crippen LogP contribution >= 0.6 is 0 Å². The van der Waals surface area contributed by atoms with Crippen LogP contribution in [-0.4, -0.2) is 35.6 Å². The minimum atomic E-state index is -0.392. The maximum Gasteiger partial charge on any atom is 0.225 e. The molecule has 0 saturated carbocycles. The first-order chi connectivity index (χ1) is 6.77. The highest BCUT2D eigenvalue weighted by atomic mass is 19.1. The van der Waals surface area contributed by atoms with Crippen molar-refractivity contribution < 1.29 is 4.39 Å². The quantitative estimate of drug-likeness (QED) is 0.706. The van der Waals surface area contributed by atoms with Gasteiger partial charge in [0.2, 0.25) is 5.95 Å². The van der Waals surface area contributed by atoms with Gasteiger partial charge in [-0.1, -0.05) is 0 Å². The van der Waals surface area contributed by atoms with Gasteiger partial charge in [-0.15, -0.1) is 0 Å². The van der Waals surface area contributed by atoms with E-state index < -0.39 is 5.82 Å². The van der Waals surface area contributed by atoms with Crippen LogP contribution in [0.2, 0.25) is 0 Å². The number of hydrogen-bond donors (Lipinski definition) is 1. The highest BCUT2D eigenvalue weighted by Crippen LogP contribution is 2.11. The van der Waals surface area contributed by atoms with Crippen molar-refractivity contribution in [3.8, 4) is 0 Å².